The van der Waals surface area contributed by atoms with Crippen molar-refractivity contribution in [2.24, 2.45) is 0 Å². The molecular formula is C42H39NO2. The summed E-state index contributed by atoms with van der Waals surface area (Å²) in [5.41, 5.74) is 11.7. The number of hydrogen-bond donors (Lipinski definition) is 0. The van der Waals surface area contributed by atoms with E-state index in [1.807, 2.05) is 6.07 Å². The molecule has 0 fully saturated rings. The minimum Gasteiger partial charge on any atom is -0.456 e. The summed E-state index contributed by atoms with van der Waals surface area (Å²) in [6.45, 7) is 17.8. The first-order chi connectivity index (χ1) is 21.2. The van der Waals surface area contributed by atoms with E-state index in [0.29, 0.717) is 21.9 Å². The molecule has 1 aliphatic rings. The number of nitrogens with zero attached hydrogens (tertiary/aromatic N) is 1. The molecule has 3 heteroatoms. The van der Waals surface area contributed by atoms with Crippen LogP contribution in [0.3, 0.4) is 0 Å². The first-order valence-corrected chi connectivity index (χ1v) is 16.0. The van der Waals surface area contributed by atoms with E-state index >= 15 is 0 Å². The van der Waals surface area contributed by atoms with Crippen LogP contribution < -0.4 is 5.43 Å². The van der Waals surface area contributed by atoms with Crippen molar-refractivity contribution in [2.75, 3.05) is 0 Å². The molecule has 2 heterocycles. The second-order valence-electron chi connectivity index (χ2n) is 15.4. The zero-order valence-corrected chi connectivity index (χ0v) is 27.4. The minimum absolute atomic E-state index is 0.0303. The van der Waals surface area contributed by atoms with Gasteiger partial charge in [-0.3, -0.25) is 4.79 Å². The van der Waals surface area contributed by atoms with Gasteiger partial charge in [0.05, 0.1) is 21.8 Å². The van der Waals surface area contributed by atoms with Gasteiger partial charge >= 0.3 is 0 Å². The first-order valence-electron chi connectivity index (χ1n) is 16.0. The molecule has 0 N–H and O–H groups in total. The Kier molecular flexibility index (Phi) is 5.56. The highest BCUT2D eigenvalue weighted by Crippen LogP contribution is 2.51. The highest BCUT2D eigenvalue weighted by Gasteiger charge is 2.36. The van der Waals surface area contributed by atoms with Crippen molar-refractivity contribution in [2.45, 2.75) is 71.6 Å². The third kappa shape index (κ3) is 3.92. The van der Waals surface area contributed by atoms with E-state index in [1.54, 1.807) is 0 Å². The fourth-order valence-electron chi connectivity index (χ4n) is 7.57. The van der Waals surface area contributed by atoms with Gasteiger partial charge in [0.1, 0.15) is 11.2 Å². The normalized spacial score (nSPS) is 14.5. The van der Waals surface area contributed by atoms with Crippen LogP contribution in [0.5, 0.6) is 0 Å². The van der Waals surface area contributed by atoms with Crippen molar-refractivity contribution in [3.63, 3.8) is 0 Å². The summed E-state index contributed by atoms with van der Waals surface area (Å²) in [4.78, 5) is 14.2. The fourth-order valence-corrected chi connectivity index (χ4v) is 7.57. The van der Waals surface area contributed by atoms with E-state index in [0.717, 1.165) is 22.3 Å². The molecule has 0 amide bonds. The Morgan fingerprint density at radius 1 is 0.622 bits per heavy atom. The molecule has 8 rings (SSSR count). The molecule has 7 aromatic rings. The van der Waals surface area contributed by atoms with Crippen molar-refractivity contribution in [1.29, 1.82) is 0 Å². The molecule has 1 aliphatic carbocycles. The van der Waals surface area contributed by atoms with Gasteiger partial charge in [-0.2, -0.15) is 0 Å². The summed E-state index contributed by atoms with van der Waals surface area (Å²) >= 11 is 0. The molecule has 0 atom stereocenters. The highest BCUT2D eigenvalue weighted by atomic mass is 16.3. The quantitative estimate of drug-likeness (QED) is 0.179. The summed E-state index contributed by atoms with van der Waals surface area (Å²) in [5.74, 6) is 0. The maximum atomic E-state index is 14.2. The Morgan fingerprint density at radius 2 is 1.36 bits per heavy atom. The lowest BCUT2D eigenvalue weighted by Gasteiger charge is -2.26. The predicted molar refractivity (Wildman–Crippen MR) is 189 cm³/mol. The van der Waals surface area contributed by atoms with Gasteiger partial charge in [0.25, 0.3) is 0 Å². The third-order valence-electron chi connectivity index (χ3n) is 10.1. The molecule has 0 aliphatic heterocycles. The van der Waals surface area contributed by atoms with Crippen LogP contribution in [0.1, 0.15) is 77.6 Å². The van der Waals surface area contributed by atoms with E-state index < -0.39 is 0 Å². The van der Waals surface area contributed by atoms with Crippen molar-refractivity contribution >= 4 is 43.7 Å². The topological polar surface area (TPSA) is 35.1 Å². The van der Waals surface area contributed by atoms with Crippen molar-refractivity contribution in [3.8, 4) is 16.8 Å². The van der Waals surface area contributed by atoms with E-state index in [-0.39, 0.29) is 21.7 Å². The number of fused-ring (bicyclic) bond motifs is 8. The largest absolute Gasteiger partial charge is 0.456 e. The highest BCUT2D eigenvalue weighted by molar-refractivity contribution is 6.12. The average molecular weight is 590 g/mol. The Morgan fingerprint density at radius 3 is 2.11 bits per heavy atom. The van der Waals surface area contributed by atoms with Crippen LogP contribution in [0.4, 0.5) is 0 Å². The zero-order chi connectivity index (χ0) is 31.6. The molecule has 0 saturated heterocycles. The summed E-state index contributed by atoms with van der Waals surface area (Å²) in [7, 11) is 0. The maximum absolute atomic E-state index is 14.2. The van der Waals surface area contributed by atoms with Gasteiger partial charge in [-0.15, -0.1) is 0 Å². The Hall–Kier alpha value is -4.63. The van der Waals surface area contributed by atoms with E-state index in [9.17, 15) is 4.79 Å². The summed E-state index contributed by atoms with van der Waals surface area (Å²) in [6, 6.07) is 32.5. The average Bonchev–Trinajstić information content (AvgIpc) is 3.43. The van der Waals surface area contributed by atoms with Crippen LogP contribution in [-0.4, -0.2) is 4.57 Å². The first kappa shape index (κ1) is 27.9. The van der Waals surface area contributed by atoms with Gasteiger partial charge in [0, 0.05) is 27.9 Å². The second-order valence-corrected chi connectivity index (χ2v) is 15.4. The number of aromatic nitrogens is 1. The summed E-state index contributed by atoms with van der Waals surface area (Å²) < 4.78 is 9.03. The van der Waals surface area contributed by atoms with Crippen LogP contribution in [0.2, 0.25) is 0 Å². The molecule has 0 radical (unpaired) electrons. The van der Waals surface area contributed by atoms with Gasteiger partial charge in [0.2, 0.25) is 5.43 Å². The molecule has 0 bridgehead atoms. The molecule has 224 valence electrons. The monoisotopic (exact) mass is 589 g/mol. The minimum atomic E-state index is -0.210. The summed E-state index contributed by atoms with van der Waals surface area (Å²) in [5, 5.41) is 3.73. The van der Waals surface area contributed by atoms with Gasteiger partial charge in [-0.25, -0.2) is 0 Å². The Balaban J connectivity index is 1.43. The summed E-state index contributed by atoms with van der Waals surface area (Å²) in [6.07, 6.45) is 0. The Bertz CT molecular complexity index is 2440. The second kappa shape index (κ2) is 8.97. The van der Waals surface area contributed by atoms with Gasteiger partial charge < -0.3 is 8.98 Å². The molecule has 45 heavy (non-hydrogen) atoms. The number of para-hydroxylation sites is 1. The smallest absolute Gasteiger partial charge is 0.200 e. The molecular weight excluding hydrogens is 550 g/mol. The van der Waals surface area contributed by atoms with Crippen molar-refractivity contribution in [3.05, 3.63) is 123 Å². The van der Waals surface area contributed by atoms with Crippen molar-refractivity contribution in [1.82, 2.24) is 4.57 Å². The van der Waals surface area contributed by atoms with Crippen LogP contribution in [0, 0.1) is 0 Å². The van der Waals surface area contributed by atoms with E-state index in [1.165, 1.54) is 38.6 Å². The zero-order valence-electron chi connectivity index (χ0n) is 27.4. The molecule has 2 aromatic heterocycles. The lowest BCUT2D eigenvalue weighted by atomic mass is 9.79. The lowest BCUT2D eigenvalue weighted by Crippen LogP contribution is -2.19. The van der Waals surface area contributed by atoms with Gasteiger partial charge in [-0.1, -0.05) is 104 Å². The SMILES string of the molecule is CC(C)(C)c1cc(C(C)(C)C)c2c(=O)c3ccc(-n4c5ccccc5c5cc6c(cc54)C(C)(C)c4ccccc4-6)cc3oc2c1. The predicted octanol–water partition coefficient (Wildman–Crippen LogP) is 10.9. The number of rotatable bonds is 1. The van der Waals surface area contributed by atoms with Gasteiger partial charge in [0.15, 0.2) is 0 Å². The van der Waals surface area contributed by atoms with E-state index in [2.05, 4.69) is 145 Å². The van der Waals surface area contributed by atoms with E-state index in [4.69, 9.17) is 4.42 Å². The lowest BCUT2D eigenvalue weighted by molar-refractivity contribution is 0.567. The molecule has 0 saturated carbocycles. The third-order valence-corrected chi connectivity index (χ3v) is 10.1. The standard InChI is InChI=1S/C42H39NO2/c1-40(2,3)24-19-33(41(4,5)6)38-37(20-24)45-36-21-25(17-18-28(36)39(38)44)43-34-16-12-10-14-27(34)30-22-29-26-13-9-11-15-31(26)42(7,8)32(29)23-35(30)43/h9-23H,1-8H3. The van der Waals surface area contributed by atoms with Crippen molar-refractivity contribution < 1.29 is 4.42 Å². The molecule has 5 aromatic carbocycles. The van der Waals surface area contributed by atoms with Crippen LogP contribution >= 0.6 is 0 Å². The number of benzene rings is 5. The fraction of sp³-hybridized carbons (Fsp3) is 0.262. The van der Waals surface area contributed by atoms with Crippen LogP contribution in [0.15, 0.2) is 100 Å². The molecule has 3 nitrogen and oxygen atoms in total. The molecule has 0 spiro atoms. The van der Waals surface area contributed by atoms with Crippen LogP contribution in [-0.2, 0) is 16.2 Å². The number of hydrogen-bond acceptors (Lipinski definition) is 2. The Labute approximate surface area is 264 Å². The maximum Gasteiger partial charge on any atom is 0.200 e. The van der Waals surface area contributed by atoms with Crippen LogP contribution in [0.25, 0.3) is 60.6 Å². The van der Waals surface area contributed by atoms with Gasteiger partial charge in [-0.05, 0) is 80.6 Å². The molecule has 0 unspecified atom stereocenters.